The SMILES string of the molecule is O=c1ccccn1OP(=O)(Oc1ccccc1)Oc1ccccc1. The first-order valence-electron chi connectivity index (χ1n) is 7.12. The Morgan fingerprint density at radius 1 is 0.708 bits per heavy atom. The van der Waals surface area contributed by atoms with E-state index in [2.05, 4.69) is 0 Å². The van der Waals surface area contributed by atoms with Gasteiger partial charge in [0.2, 0.25) is 0 Å². The number of hydrogen-bond acceptors (Lipinski definition) is 5. The molecule has 0 radical (unpaired) electrons. The first-order chi connectivity index (χ1) is 11.6. The summed E-state index contributed by atoms with van der Waals surface area (Å²) >= 11 is 0. The Balaban J connectivity index is 1.92. The number of aromatic nitrogens is 1. The van der Waals surface area contributed by atoms with Crippen molar-refractivity contribution < 1.29 is 18.2 Å². The molecule has 0 N–H and O–H groups in total. The third kappa shape index (κ3) is 4.06. The minimum Gasteiger partial charge on any atom is -0.385 e. The predicted molar refractivity (Wildman–Crippen MR) is 89.0 cm³/mol. The molecule has 3 rings (SSSR count). The summed E-state index contributed by atoms with van der Waals surface area (Å²) in [7, 11) is -4.15. The van der Waals surface area contributed by atoms with Gasteiger partial charge < -0.3 is 9.05 Å². The van der Waals surface area contributed by atoms with E-state index in [4.69, 9.17) is 13.7 Å². The van der Waals surface area contributed by atoms with E-state index >= 15 is 0 Å². The van der Waals surface area contributed by atoms with Crippen molar-refractivity contribution in [2.24, 2.45) is 0 Å². The van der Waals surface area contributed by atoms with E-state index in [0.29, 0.717) is 11.5 Å². The average Bonchev–Trinajstić information content (AvgIpc) is 2.58. The van der Waals surface area contributed by atoms with Crippen LogP contribution in [0.4, 0.5) is 0 Å². The van der Waals surface area contributed by atoms with Crippen molar-refractivity contribution in [1.82, 2.24) is 4.73 Å². The van der Waals surface area contributed by atoms with Crippen LogP contribution >= 0.6 is 7.82 Å². The predicted octanol–water partition coefficient (Wildman–Crippen LogP) is 3.54. The molecule has 0 spiro atoms. The van der Waals surface area contributed by atoms with Gasteiger partial charge in [-0.2, -0.15) is 4.57 Å². The smallest absolute Gasteiger partial charge is 0.385 e. The maximum absolute atomic E-state index is 13.0. The van der Waals surface area contributed by atoms with Gasteiger partial charge in [0.25, 0.3) is 5.56 Å². The molecule has 0 unspecified atom stereocenters. The second kappa shape index (κ2) is 7.06. The van der Waals surface area contributed by atoms with Gasteiger partial charge in [0.1, 0.15) is 11.5 Å². The maximum Gasteiger partial charge on any atom is 0.666 e. The number of phosphoric ester groups is 1. The topological polar surface area (TPSA) is 66.8 Å². The fourth-order valence-corrected chi connectivity index (χ4v) is 3.07. The largest absolute Gasteiger partial charge is 0.666 e. The molecule has 6 nitrogen and oxygen atoms in total. The van der Waals surface area contributed by atoms with Crippen LogP contribution in [-0.2, 0) is 4.57 Å². The molecule has 2 aromatic carbocycles. The lowest BCUT2D eigenvalue weighted by Gasteiger charge is -2.19. The van der Waals surface area contributed by atoms with E-state index in [0.717, 1.165) is 4.73 Å². The Hall–Kier alpha value is -2.98. The molecular weight excluding hydrogens is 329 g/mol. The molecular formula is C17H14NO5P. The van der Waals surface area contributed by atoms with Gasteiger partial charge in [0.05, 0.1) is 0 Å². The minimum atomic E-state index is -4.15. The molecule has 0 amide bonds. The second-order valence-electron chi connectivity index (χ2n) is 4.70. The lowest BCUT2D eigenvalue weighted by molar-refractivity contribution is 0.181. The molecule has 0 aliphatic rings. The molecule has 0 saturated carbocycles. The van der Waals surface area contributed by atoms with Crippen molar-refractivity contribution in [1.29, 1.82) is 0 Å². The zero-order valence-electron chi connectivity index (χ0n) is 12.5. The number of rotatable bonds is 6. The van der Waals surface area contributed by atoms with Crippen LogP contribution in [0.25, 0.3) is 0 Å². The Morgan fingerprint density at radius 3 is 1.71 bits per heavy atom. The highest BCUT2D eigenvalue weighted by Gasteiger charge is 2.34. The van der Waals surface area contributed by atoms with Crippen molar-refractivity contribution >= 4 is 7.82 Å². The van der Waals surface area contributed by atoms with Crippen molar-refractivity contribution in [3.8, 4) is 11.5 Å². The van der Waals surface area contributed by atoms with Crippen molar-refractivity contribution in [2.75, 3.05) is 0 Å². The van der Waals surface area contributed by atoms with Crippen LogP contribution < -0.4 is 19.2 Å². The standard InChI is InChI=1S/C17H14NO5P/c19-17-13-7-8-14-18(17)23-24(20,21-15-9-3-1-4-10-15)22-16-11-5-2-6-12-16/h1-14H. The van der Waals surface area contributed by atoms with Crippen LogP contribution in [0.5, 0.6) is 11.5 Å². The first-order valence-corrected chi connectivity index (χ1v) is 8.58. The molecule has 122 valence electrons. The van der Waals surface area contributed by atoms with Gasteiger partial charge in [-0.05, 0) is 30.3 Å². The van der Waals surface area contributed by atoms with Crippen molar-refractivity contribution in [3.63, 3.8) is 0 Å². The number of benzene rings is 2. The monoisotopic (exact) mass is 343 g/mol. The van der Waals surface area contributed by atoms with Gasteiger partial charge in [-0.25, -0.2) is 0 Å². The van der Waals surface area contributed by atoms with E-state index in [1.54, 1.807) is 72.8 Å². The summed E-state index contributed by atoms with van der Waals surface area (Å²) in [6.45, 7) is 0. The molecule has 0 aliphatic carbocycles. The highest BCUT2D eigenvalue weighted by Crippen LogP contribution is 2.46. The fourth-order valence-electron chi connectivity index (χ4n) is 1.86. The molecule has 0 bridgehead atoms. The summed E-state index contributed by atoms with van der Waals surface area (Å²) < 4.78 is 29.9. The molecule has 1 aromatic heterocycles. The van der Waals surface area contributed by atoms with E-state index in [9.17, 15) is 9.36 Å². The van der Waals surface area contributed by atoms with Crippen LogP contribution in [0, 0.1) is 0 Å². The summed E-state index contributed by atoms with van der Waals surface area (Å²) in [5.74, 6) is 0.585. The van der Waals surface area contributed by atoms with E-state index in [-0.39, 0.29) is 0 Å². The van der Waals surface area contributed by atoms with Crippen molar-refractivity contribution in [3.05, 3.63) is 95.4 Å². The zero-order chi connectivity index (χ0) is 16.8. The Bertz CT molecular complexity index is 850. The maximum atomic E-state index is 13.0. The van der Waals surface area contributed by atoms with Gasteiger partial charge in [-0.15, -0.1) is 4.73 Å². The summed E-state index contributed by atoms with van der Waals surface area (Å²) in [4.78, 5) is 11.8. The van der Waals surface area contributed by atoms with Gasteiger partial charge >= 0.3 is 7.82 Å². The van der Waals surface area contributed by atoms with E-state index in [1.807, 2.05) is 0 Å². The second-order valence-corrected chi connectivity index (χ2v) is 6.13. The van der Waals surface area contributed by atoms with Crippen molar-refractivity contribution in [2.45, 2.75) is 0 Å². The molecule has 0 aliphatic heterocycles. The van der Waals surface area contributed by atoms with Gasteiger partial charge in [0.15, 0.2) is 0 Å². The Morgan fingerprint density at radius 2 is 1.21 bits per heavy atom. The third-order valence-electron chi connectivity index (χ3n) is 2.90. The Labute approximate surface area is 138 Å². The number of phosphoric acid groups is 1. The normalized spacial score (nSPS) is 10.8. The molecule has 0 atom stereocenters. The number of nitrogens with zero attached hydrogens (tertiary/aromatic N) is 1. The van der Waals surface area contributed by atoms with E-state index < -0.39 is 13.4 Å². The Kier molecular flexibility index (Phi) is 4.68. The summed E-state index contributed by atoms with van der Waals surface area (Å²) in [6.07, 6.45) is 1.33. The first kappa shape index (κ1) is 15.9. The molecule has 24 heavy (non-hydrogen) atoms. The molecule has 0 fully saturated rings. The number of hydrogen-bond donors (Lipinski definition) is 0. The van der Waals surface area contributed by atoms with E-state index in [1.165, 1.54) is 12.3 Å². The zero-order valence-corrected chi connectivity index (χ0v) is 13.4. The molecule has 0 saturated heterocycles. The summed E-state index contributed by atoms with van der Waals surface area (Å²) in [5, 5.41) is 0. The molecule has 7 heteroatoms. The highest BCUT2D eigenvalue weighted by molar-refractivity contribution is 7.49. The summed E-state index contributed by atoms with van der Waals surface area (Å²) in [6, 6.07) is 21.3. The molecule has 3 aromatic rings. The summed E-state index contributed by atoms with van der Waals surface area (Å²) in [5.41, 5.74) is -0.494. The van der Waals surface area contributed by atoms with Gasteiger partial charge in [-0.3, -0.25) is 9.42 Å². The van der Waals surface area contributed by atoms with Crippen LogP contribution in [0.2, 0.25) is 0 Å². The number of pyridine rings is 1. The lowest BCUT2D eigenvalue weighted by atomic mass is 10.3. The lowest BCUT2D eigenvalue weighted by Crippen LogP contribution is -2.26. The van der Waals surface area contributed by atoms with Crippen LogP contribution in [0.1, 0.15) is 0 Å². The quantitative estimate of drug-likeness (QED) is 0.641. The molecule has 1 heterocycles. The average molecular weight is 343 g/mol. The van der Waals surface area contributed by atoms with Gasteiger partial charge in [-0.1, -0.05) is 42.5 Å². The van der Waals surface area contributed by atoms with Crippen LogP contribution in [-0.4, -0.2) is 4.73 Å². The fraction of sp³-hybridized carbons (Fsp3) is 0. The highest BCUT2D eigenvalue weighted by atomic mass is 31.2. The van der Waals surface area contributed by atoms with Gasteiger partial charge in [0, 0.05) is 12.3 Å². The van der Waals surface area contributed by atoms with Crippen LogP contribution in [0.3, 0.4) is 0 Å². The minimum absolute atomic E-state index is 0.292. The number of para-hydroxylation sites is 2. The third-order valence-corrected chi connectivity index (χ3v) is 4.14. The van der Waals surface area contributed by atoms with Crippen LogP contribution in [0.15, 0.2) is 89.9 Å².